The fourth-order valence-electron chi connectivity index (χ4n) is 4.99. The van der Waals surface area contributed by atoms with E-state index in [0.717, 1.165) is 37.0 Å². The summed E-state index contributed by atoms with van der Waals surface area (Å²) >= 11 is 11.0. The van der Waals surface area contributed by atoms with E-state index in [4.69, 9.17) is 4.99 Å². The molecule has 5 rings (SSSR count). The summed E-state index contributed by atoms with van der Waals surface area (Å²) in [5.74, 6) is 1.13. The third kappa shape index (κ3) is 2.44. The number of rotatable bonds is 0. The van der Waals surface area contributed by atoms with Gasteiger partial charge in [0.2, 0.25) is 5.91 Å². The van der Waals surface area contributed by atoms with E-state index < -0.39 is 0 Å². The van der Waals surface area contributed by atoms with Gasteiger partial charge in [-0.05, 0) is 65.2 Å². The van der Waals surface area contributed by atoms with Crippen LogP contribution in [0.25, 0.3) is 0 Å². The molecule has 1 N–H and O–H groups in total. The van der Waals surface area contributed by atoms with E-state index in [0.29, 0.717) is 13.0 Å². The fraction of sp³-hybridized carbons (Fsp3) is 0.300. The van der Waals surface area contributed by atoms with Crippen LogP contribution in [0.3, 0.4) is 0 Å². The van der Waals surface area contributed by atoms with Gasteiger partial charge in [0, 0.05) is 37.9 Å². The molecule has 0 aliphatic carbocycles. The van der Waals surface area contributed by atoms with Crippen LogP contribution in [0.4, 0.5) is 11.4 Å². The van der Waals surface area contributed by atoms with Crippen LogP contribution < -0.4 is 10.2 Å². The minimum Gasteiger partial charge on any atom is -0.356 e. The van der Waals surface area contributed by atoms with Crippen LogP contribution in [0.1, 0.15) is 36.8 Å². The Morgan fingerprint density at radius 1 is 1.19 bits per heavy atom. The maximum Gasteiger partial charge on any atom is 0.220 e. The van der Waals surface area contributed by atoms with Crippen molar-refractivity contribution in [2.45, 2.75) is 31.2 Å². The number of aliphatic imine (C=N–C) groups is 1. The Bertz CT molecular complexity index is 1040. The Morgan fingerprint density at radius 3 is 2.81 bits per heavy atom. The van der Waals surface area contributed by atoms with Crippen LogP contribution >= 0.6 is 47.8 Å². The van der Waals surface area contributed by atoms with E-state index in [9.17, 15) is 4.79 Å². The average Bonchev–Trinajstić information content (AvgIpc) is 2.76. The molecule has 7 heteroatoms. The fourth-order valence-corrected chi connectivity index (χ4v) is 6.78. The lowest BCUT2D eigenvalue weighted by molar-refractivity contribution is -0.121. The lowest BCUT2D eigenvalue weighted by Gasteiger charge is -2.46. The van der Waals surface area contributed by atoms with Crippen LogP contribution in [-0.4, -0.2) is 18.3 Å². The minimum absolute atomic E-state index is 0.0577. The quantitative estimate of drug-likeness (QED) is 0.452. The van der Waals surface area contributed by atoms with Gasteiger partial charge < -0.3 is 10.2 Å². The molecule has 0 saturated carbocycles. The number of halogens is 3. The summed E-state index contributed by atoms with van der Waals surface area (Å²) in [6, 6.07) is 10.5. The first-order chi connectivity index (χ1) is 12.9. The van der Waals surface area contributed by atoms with Gasteiger partial charge in [0.25, 0.3) is 0 Å². The van der Waals surface area contributed by atoms with Crippen molar-refractivity contribution in [2.24, 2.45) is 4.99 Å². The molecule has 27 heavy (non-hydrogen) atoms. The summed E-state index contributed by atoms with van der Waals surface area (Å²) in [6.45, 7) is 2.71. The summed E-state index contributed by atoms with van der Waals surface area (Å²) in [5.41, 5.74) is 4.17. The van der Waals surface area contributed by atoms with Gasteiger partial charge in [0.1, 0.15) is 5.84 Å². The monoisotopic (exact) mass is 551 g/mol. The van der Waals surface area contributed by atoms with Crippen molar-refractivity contribution < 1.29 is 4.79 Å². The smallest absolute Gasteiger partial charge is 0.220 e. The predicted molar refractivity (Wildman–Crippen MR) is 118 cm³/mol. The van der Waals surface area contributed by atoms with E-state index >= 15 is 0 Å². The number of hydrogen-bond donors (Lipinski definition) is 1. The standard InChI is InChI=1S/C20H16Br3N3O/c1-10-25-17-3-2-11(21)7-15(17)20-4-5-24-18(27)9-14(20)13-6-12(22)8-16(23)19(13)26(10)20/h2-3,6-8,14H,4-5,9H2,1H3,(H,24,27)/t14-,20-/m1/s1. The second kappa shape index (κ2) is 6.16. The molecule has 2 aromatic carbocycles. The SMILES string of the molecule is CC1=Nc2ccc(Br)cc2[C@@]23CCNC(=O)C[C@@H]2c2cc(Br)cc(Br)c2N13. The number of amidine groups is 1. The van der Waals surface area contributed by atoms with Crippen molar-refractivity contribution in [3.05, 3.63) is 54.9 Å². The summed E-state index contributed by atoms with van der Waals surface area (Å²) in [6.07, 6.45) is 1.30. The number of amides is 1. The molecule has 3 aliphatic heterocycles. The molecule has 0 bridgehead atoms. The highest BCUT2D eigenvalue weighted by molar-refractivity contribution is 9.11. The van der Waals surface area contributed by atoms with Crippen molar-refractivity contribution in [2.75, 3.05) is 11.4 Å². The summed E-state index contributed by atoms with van der Waals surface area (Å²) < 4.78 is 3.06. The Hall–Kier alpha value is -1.18. The topological polar surface area (TPSA) is 44.7 Å². The van der Waals surface area contributed by atoms with E-state index in [1.165, 1.54) is 11.1 Å². The molecule has 3 aliphatic rings. The van der Waals surface area contributed by atoms with Crippen LogP contribution in [0.15, 0.2) is 48.7 Å². The lowest BCUT2D eigenvalue weighted by atomic mass is 9.72. The number of benzene rings is 2. The average molecular weight is 554 g/mol. The molecule has 138 valence electrons. The van der Waals surface area contributed by atoms with Gasteiger partial charge in [0.05, 0.1) is 16.9 Å². The van der Waals surface area contributed by atoms with E-state index in [-0.39, 0.29) is 17.4 Å². The Kier molecular flexibility index (Phi) is 4.08. The second-order valence-electron chi connectivity index (χ2n) is 7.26. The molecule has 0 aromatic heterocycles. The number of hydrogen-bond acceptors (Lipinski definition) is 3. The molecular weight excluding hydrogens is 538 g/mol. The number of anilines is 1. The Labute approximate surface area is 182 Å². The zero-order valence-corrected chi connectivity index (χ0v) is 19.3. The van der Waals surface area contributed by atoms with Gasteiger partial charge in [0.15, 0.2) is 0 Å². The second-order valence-corrected chi connectivity index (χ2v) is 9.95. The highest BCUT2D eigenvalue weighted by Crippen LogP contribution is 2.62. The zero-order valence-electron chi connectivity index (χ0n) is 14.5. The summed E-state index contributed by atoms with van der Waals surface area (Å²) in [7, 11) is 0. The molecule has 2 aromatic rings. The van der Waals surface area contributed by atoms with Crippen LogP contribution in [0.5, 0.6) is 0 Å². The van der Waals surface area contributed by atoms with Gasteiger partial charge in [-0.1, -0.05) is 31.9 Å². The van der Waals surface area contributed by atoms with Crippen molar-refractivity contribution in [1.82, 2.24) is 5.32 Å². The number of fused-ring (bicyclic) bond motifs is 4. The number of carbonyl (C=O) groups is 1. The van der Waals surface area contributed by atoms with E-state index in [2.05, 4.69) is 89.2 Å². The van der Waals surface area contributed by atoms with Crippen molar-refractivity contribution in [1.29, 1.82) is 0 Å². The van der Waals surface area contributed by atoms with Gasteiger partial charge in [-0.25, -0.2) is 4.99 Å². The van der Waals surface area contributed by atoms with Crippen molar-refractivity contribution in [3.63, 3.8) is 0 Å². The highest BCUT2D eigenvalue weighted by Gasteiger charge is 2.57. The van der Waals surface area contributed by atoms with Crippen molar-refractivity contribution >= 4 is 70.9 Å². The maximum absolute atomic E-state index is 12.5. The van der Waals surface area contributed by atoms with Gasteiger partial charge in [-0.3, -0.25) is 4.79 Å². The highest BCUT2D eigenvalue weighted by atomic mass is 79.9. The third-order valence-electron chi connectivity index (χ3n) is 5.88. The maximum atomic E-state index is 12.5. The lowest BCUT2D eigenvalue weighted by Crippen LogP contribution is -2.51. The number of carbonyl (C=O) groups excluding carboxylic acids is 1. The van der Waals surface area contributed by atoms with Crippen LogP contribution in [0.2, 0.25) is 0 Å². The first-order valence-corrected chi connectivity index (χ1v) is 11.2. The number of nitrogens with zero attached hydrogens (tertiary/aromatic N) is 2. The molecule has 2 atom stereocenters. The van der Waals surface area contributed by atoms with Gasteiger partial charge >= 0.3 is 0 Å². The zero-order chi connectivity index (χ0) is 18.9. The summed E-state index contributed by atoms with van der Waals surface area (Å²) in [4.78, 5) is 19.8. The van der Waals surface area contributed by atoms with E-state index in [1.807, 2.05) is 6.07 Å². The molecule has 1 saturated heterocycles. The number of nitrogens with one attached hydrogen (secondary N) is 1. The normalized spacial score (nSPS) is 25.6. The minimum atomic E-state index is -0.324. The third-order valence-corrected chi connectivity index (χ3v) is 7.44. The van der Waals surface area contributed by atoms with Gasteiger partial charge in [-0.2, -0.15) is 0 Å². The predicted octanol–water partition coefficient (Wildman–Crippen LogP) is 5.75. The molecule has 1 fully saturated rings. The Morgan fingerprint density at radius 2 is 2.00 bits per heavy atom. The Balaban J connectivity index is 1.88. The van der Waals surface area contributed by atoms with Crippen molar-refractivity contribution in [3.8, 4) is 0 Å². The molecule has 4 nitrogen and oxygen atoms in total. The molecule has 3 heterocycles. The molecule has 1 amide bonds. The largest absolute Gasteiger partial charge is 0.356 e. The first kappa shape index (κ1) is 17.9. The molecule has 0 unspecified atom stereocenters. The molecule has 1 spiro atoms. The van der Waals surface area contributed by atoms with Crippen LogP contribution in [-0.2, 0) is 10.3 Å². The first-order valence-electron chi connectivity index (χ1n) is 8.83. The van der Waals surface area contributed by atoms with Gasteiger partial charge in [-0.15, -0.1) is 0 Å². The summed E-state index contributed by atoms with van der Waals surface area (Å²) in [5, 5.41) is 3.08. The molecule has 0 radical (unpaired) electrons. The van der Waals surface area contributed by atoms with E-state index in [1.54, 1.807) is 0 Å². The van der Waals surface area contributed by atoms with Crippen LogP contribution in [0, 0.1) is 0 Å². The molecular formula is C20H16Br3N3O.